The average molecular weight is 282 g/mol. The van der Waals surface area contributed by atoms with Gasteiger partial charge in [0.2, 0.25) is 5.91 Å². The third kappa shape index (κ3) is 4.09. The van der Waals surface area contributed by atoms with E-state index in [1.807, 2.05) is 50.2 Å². The lowest BCUT2D eigenvalue weighted by atomic mass is 10.1. The Labute approximate surface area is 126 Å². The largest absolute Gasteiger partial charge is 0.374 e. The molecule has 2 N–H and O–H groups in total. The van der Waals surface area contributed by atoms with Crippen molar-refractivity contribution in [2.24, 2.45) is 0 Å². The van der Waals surface area contributed by atoms with Crippen LogP contribution in [0.25, 0.3) is 0 Å². The summed E-state index contributed by atoms with van der Waals surface area (Å²) < 4.78 is 0. The summed E-state index contributed by atoms with van der Waals surface area (Å²) in [4.78, 5) is 12.2. The van der Waals surface area contributed by atoms with Crippen LogP contribution in [0.3, 0.4) is 0 Å². The standard InChI is InChI=1S/C18H22N2O/c1-4-15-9-7-10-16(12-15)19-14(3)18(21)20-17-11-6-5-8-13(17)2/h5-12,14,19H,4H2,1-3H3,(H,20,21). The number of carbonyl (C=O) groups excluding carboxylic acids is 1. The van der Waals surface area contributed by atoms with E-state index in [9.17, 15) is 4.79 Å². The molecule has 1 amide bonds. The molecule has 0 fully saturated rings. The van der Waals surface area contributed by atoms with Crippen LogP contribution in [-0.4, -0.2) is 11.9 Å². The van der Waals surface area contributed by atoms with Crippen molar-refractivity contribution in [3.05, 3.63) is 59.7 Å². The number of para-hydroxylation sites is 1. The number of carbonyl (C=O) groups is 1. The van der Waals surface area contributed by atoms with Crippen LogP contribution in [0.2, 0.25) is 0 Å². The highest BCUT2D eigenvalue weighted by Gasteiger charge is 2.13. The molecule has 0 saturated heterocycles. The molecule has 0 radical (unpaired) electrons. The lowest BCUT2D eigenvalue weighted by Crippen LogP contribution is -2.32. The molecule has 0 aromatic heterocycles. The van der Waals surface area contributed by atoms with Gasteiger partial charge >= 0.3 is 0 Å². The Balaban J connectivity index is 2.01. The lowest BCUT2D eigenvalue weighted by Gasteiger charge is -2.16. The van der Waals surface area contributed by atoms with Crippen LogP contribution in [-0.2, 0) is 11.2 Å². The fourth-order valence-electron chi connectivity index (χ4n) is 2.15. The minimum Gasteiger partial charge on any atom is -0.374 e. The average Bonchev–Trinajstić information content (AvgIpc) is 2.49. The van der Waals surface area contributed by atoms with Gasteiger partial charge in [-0.1, -0.05) is 37.3 Å². The van der Waals surface area contributed by atoms with Gasteiger partial charge in [0.15, 0.2) is 0 Å². The van der Waals surface area contributed by atoms with E-state index in [4.69, 9.17) is 0 Å². The van der Waals surface area contributed by atoms with Crippen LogP contribution in [0.4, 0.5) is 11.4 Å². The molecule has 2 aromatic carbocycles. The molecule has 3 heteroatoms. The molecule has 0 heterocycles. The van der Waals surface area contributed by atoms with Gasteiger partial charge in [-0.15, -0.1) is 0 Å². The zero-order chi connectivity index (χ0) is 15.2. The lowest BCUT2D eigenvalue weighted by molar-refractivity contribution is -0.116. The highest BCUT2D eigenvalue weighted by atomic mass is 16.2. The van der Waals surface area contributed by atoms with Crippen molar-refractivity contribution in [3.63, 3.8) is 0 Å². The van der Waals surface area contributed by atoms with Gasteiger partial charge in [-0.3, -0.25) is 4.79 Å². The van der Waals surface area contributed by atoms with Crippen molar-refractivity contribution in [3.8, 4) is 0 Å². The van der Waals surface area contributed by atoms with Gasteiger partial charge in [0, 0.05) is 11.4 Å². The van der Waals surface area contributed by atoms with Gasteiger partial charge in [-0.05, 0) is 49.6 Å². The quantitative estimate of drug-likeness (QED) is 0.870. The summed E-state index contributed by atoms with van der Waals surface area (Å²) in [5, 5.41) is 6.20. The van der Waals surface area contributed by atoms with E-state index < -0.39 is 0 Å². The Morgan fingerprint density at radius 3 is 2.62 bits per heavy atom. The maximum Gasteiger partial charge on any atom is 0.246 e. The van der Waals surface area contributed by atoms with Crippen LogP contribution in [0.15, 0.2) is 48.5 Å². The van der Waals surface area contributed by atoms with Crippen LogP contribution < -0.4 is 10.6 Å². The topological polar surface area (TPSA) is 41.1 Å². The summed E-state index contributed by atoms with van der Waals surface area (Å²) in [6.07, 6.45) is 0.985. The molecule has 0 spiro atoms. The summed E-state index contributed by atoms with van der Waals surface area (Å²) in [6, 6.07) is 15.6. The van der Waals surface area contributed by atoms with Gasteiger partial charge in [0.1, 0.15) is 6.04 Å². The van der Waals surface area contributed by atoms with E-state index in [0.29, 0.717) is 0 Å². The van der Waals surface area contributed by atoms with Gasteiger partial charge in [0.25, 0.3) is 0 Å². The van der Waals surface area contributed by atoms with E-state index in [2.05, 4.69) is 29.7 Å². The monoisotopic (exact) mass is 282 g/mol. The molecule has 0 aliphatic rings. The number of anilines is 2. The summed E-state index contributed by atoms with van der Waals surface area (Å²) in [5.41, 5.74) is 4.15. The maximum atomic E-state index is 12.2. The minimum absolute atomic E-state index is 0.0359. The van der Waals surface area contributed by atoms with Crippen LogP contribution in [0.1, 0.15) is 25.0 Å². The van der Waals surface area contributed by atoms with Crippen LogP contribution in [0.5, 0.6) is 0 Å². The predicted molar refractivity (Wildman–Crippen MR) is 88.7 cm³/mol. The van der Waals surface area contributed by atoms with Crippen LogP contribution in [0, 0.1) is 6.92 Å². The Bertz CT molecular complexity index is 622. The summed E-state index contributed by atoms with van der Waals surface area (Å²) in [7, 11) is 0. The van der Waals surface area contributed by atoms with E-state index in [0.717, 1.165) is 23.4 Å². The van der Waals surface area contributed by atoms with Crippen molar-refractivity contribution >= 4 is 17.3 Å². The number of rotatable bonds is 5. The van der Waals surface area contributed by atoms with Crippen molar-refractivity contribution in [2.75, 3.05) is 10.6 Å². The second-order valence-corrected chi connectivity index (χ2v) is 5.22. The highest BCUT2D eigenvalue weighted by Crippen LogP contribution is 2.15. The van der Waals surface area contributed by atoms with E-state index in [1.165, 1.54) is 5.56 Å². The fraction of sp³-hybridized carbons (Fsp3) is 0.278. The Morgan fingerprint density at radius 1 is 1.14 bits per heavy atom. The van der Waals surface area contributed by atoms with E-state index >= 15 is 0 Å². The number of hydrogen-bond acceptors (Lipinski definition) is 2. The van der Waals surface area contributed by atoms with E-state index in [1.54, 1.807) is 0 Å². The molecule has 0 aliphatic heterocycles. The minimum atomic E-state index is -0.295. The number of nitrogens with one attached hydrogen (secondary N) is 2. The normalized spacial score (nSPS) is 11.8. The highest BCUT2D eigenvalue weighted by molar-refractivity contribution is 5.96. The predicted octanol–water partition coefficient (Wildman–Crippen LogP) is 4.00. The number of amides is 1. The summed E-state index contributed by atoms with van der Waals surface area (Å²) in [6.45, 7) is 5.97. The zero-order valence-corrected chi connectivity index (χ0v) is 12.8. The summed E-state index contributed by atoms with van der Waals surface area (Å²) >= 11 is 0. The van der Waals surface area contributed by atoms with Gasteiger partial charge in [-0.2, -0.15) is 0 Å². The first-order valence-electron chi connectivity index (χ1n) is 7.32. The number of aryl methyl sites for hydroxylation is 2. The van der Waals surface area contributed by atoms with Gasteiger partial charge in [-0.25, -0.2) is 0 Å². The number of benzene rings is 2. The van der Waals surface area contributed by atoms with Crippen molar-refractivity contribution in [1.29, 1.82) is 0 Å². The summed E-state index contributed by atoms with van der Waals surface area (Å²) in [5.74, 6) is -0.0359. The molecular formula is C18H22N2O. The molecule has 1 atom stereocenters. The van der Waals surface area contributed by atoms with Crippen LogP contribution >= 0.6 is 0 Å². The number of hydrogen-bond donors (Lipinski definition) is 2. The van der Waals surface area contributed by atoms with Crippen molar-refractivity contribution < 1.29 is 4.79 Å². The third-order valence-corrected chi connectivity index (χ3v) is 3.51. The Hall–Kier alpha value is -2.29. The Kier molecular flexibility index (Phi) is 4.99. The molecule has 3 nitrogen and oxygen atoms in total. The fourth-order valence-corrected chi connectivity index (χ4v) is 2.15. The van der Waals surface area contributed by atoms with Gasteiger partial charge < -0.3 is 10.6 Å². The molecular weight excluding hydrogens is 260 g/mol. The molecule has 21 heavy (non-hydrogen) atoms. The second kappa shape index (κ2) is 6.93. The zero-order valence-electron chi connectivity index (χ0n) is 12.8. The first kappa shape index (κ1) is 15.1. The molecule has 0 aliphatic carbocycles. The molecule has 2 aromatic rings. The van der Waals surface area contributed by atoms with Gasteiger partial charge in [0.05, 0.1) is 0 Å². The molecule has 110 valence electrons. The maximum absolute atomic E-state index is 12.2. The SMILES string of the molecule is CCc1cccc(NC(C)C(=O)Nc2ccccc2C)c1. The molecule has 2 rings (SSSR count). The smallest absolute Gasteiger partial charge is 0.246 e. The van der Waals surface area contributed by atoms with Crippen molar-refractivity contribution in [1.82, 2.24) is 0 Å². The molecule has 0 bridgehead atoms. The molecule has 0 saturated carbocycles. The third-order valence-electron chi connectivity index (χ3n) is 3.51. The first-order valence-corrected chi connectivity index (χ1v) is 7.32. The first-order chi connectivity index (χ1) is 10.1. The Morgan fingerprint density at radius 2 is 1.90 bits per heavy atom. The van der Waals surface area contributed by atoms with Crippen molar-refractivity contribution in [2.45, 2.75) is 33.2 Å². The second-order valence-electron chi connectivity index (χ2n) is 5.22. The van der Waals surface area contributed by atoms with E-state index in [-0.39, 0.29) is 11.9 Å². The molecule has 1 unspecified atom stereocenters.